The maximum Gasteiger partial charge on any atom is 0.573 e. The summed E-state index contributed by atoms with van der Waals surface area (Å²) in [5.41, 5.74) is 0.580. The summed E-state index contributed by atoms with van der Waals surface area (Å²) in [6.07, 6.45) is -4.84. The maximum atomic E-state index is 13.8. The molecule has 2 N–H and O–H groups in total. The molecule has 0 heterocycles. The number of nitrogens with one attached hydrogen (secondary N) is 2. The Morgan fingerprint density at radius 2 is 1.48 bits per heavy atom. The van der Waals surface area contributed by atoms with E-state index in [1.165, 1.54) is 12.1 Å². The molecule has 0 spiro atoms. The Kier molecular flexibility index (Phi) is 6.65. The highest BCUT2D eigenvalue weighted by Gasteiger charge is 2.31. The predicted octanol–water partition coefficient (Wildman–Crippen LogP) is 6.43. The Labute approximate surface area is 178 Å². The van der Waals surface area contributed by atoms with E-state index >= 15 is 0 Å². The summed E-state index contributed by atoms with van der Waals surface area (Å²) in [4.78, 5) is 12.4. The zero-order valence-corrected chi connectivity index (χ0v) is 16.3. The van der Waals surface area contributed by atoms with Crippen molar-refractivity contribution in [2.45, 2.75) is 12.4 Å². The molecule has 0 bridgehead atoms. The molecule has 2 amide bonds. The average molecular weight is 457 g/mol. The number of amides is 2. The van der Waals surface area contributed by atoms with Crippen molar-refractivity contribution in [1.29, 1.82) is 0 Å². The monoisotopic (exact) mass is 456 g/mol. The second-order valence-electron chi connectivity index (χ2n) is 6.32. The third-order valence-electron chi connectivity index (χ3n) is 4.10. The standard InChI is InChI=1S/C21H14ClF5N2O2/c22-14-5-1-12(2-6-14)19(13-3-8-16(9-4-13)31-21(25,26)27)29-20(30)28-18-11-15(23)7-10-17(18)24/h1-11,19H,(H2,28,29,30). The van der Waals surface area contributed by atoms with E-state index in [-0.39, 0.29) is 5.69 Å². The number of carbonyl (C=O) groups excluding carboxylic acids is 1. The molecule has 0 saturated carbocycles. The lowest BCUT2D eigenvalue weighted by atomic mass is 9.98. The van der Waals surface area contributed by atoms with E-state index in [4.69, 9.17) is 11.6 Å². The van der Waals surface area contributed by atoms with Gasteiger partial charge in [-0.1, -0.05) is 35.9 Å². The van der Waals surface area contributed by atoms with Crippen molar-refractivity contribution < 1.29 is 31.5 Å². The summed E-state index contributed by atoms with van der Waals surface area (Å²) < 4.78 is 68.2. The van der Waals surface area contributed by atoms with Gasteiger partial charge in [0.15, 0.2) is 0 Å². The van der Waals surface area contributed by atoms with Crippen LogP contribution in [0.15, 0.2) is 66.7 Å². The van der Waals surface area contributed by atoms with E-state index in [1.807, 2.05) is 0 Å². The van der Waals surface area contributed by atoms with Crippen molar-refractivity contribution in [3.05, 3.63) is 94.5 Å². The zero-order valence-electron chi connectivity index (χ0n) is 15.5. The number of urea groups is 1. The second-order valence-corrected chi connectivity index (χ2v) is 6.76. The fraction of sp³-hybridized carbons (Fsp3) is 0.0952. The Bertz CT molecular complexity index is 1060. The number of alkyl halides is 3. The molecular weight excluding hydrogens is 443 g/mol. The number of halogens is 6. The first-order chi connectivity index (χ1) is 14.6. The molecule has 31 heavy (non-hydrogen) atoms. The lowest BCUT2D eigenvalue weighted by Crippen LogP contribution is -2.33. The van der Waals surface area contributed by atoms with Gasteiger partial charge in [-0.25, -0.2) is 13.6 Å². The SMILES string of the molecule is O=C(Nc1cc(F)ccc1F)NC(c1ccc(Cl)cc1)c1ccc(OC(F)(F)F)cc1. The van der Waals surface area contributed by atoms with E-state index < -0.39 is 35.8 Å². The minimum atomic E-state index is -4.84. The van der Waals surface area contributed by atoms with E-state index in [0.717, 1.165) is 30.3 Å². The Morgan fingerprint density at radius 3 is 2.06 bits per heavy atom. The highest BCUT2D eigenvalue weighted by atomic mass is 35.5. The van der Waals surface area contributed by atoms with Crippen LogP contribution in [0.4, 0.5) is 32.4 Å². The zero-order chi connectivity index (χ0) is 22.6. The minimum absolute atomic E-state index is 0.374. The highest BCUT2D eigenvalue weighted by Crippen LogP contribution is 2.28. The van der Waals surface area contributed by atoms with Crippen LogP contribution in [0.5, 0.6) is 5.75 Å². The van der Waals surface area contributed by atoms with Crippen LogP contribution in [-0.2, 0) is 0 Å². The summed E-state index contributed by atoms with van der Waals surface area (Å²) in [6.45, 7) is 0. The molecule has 1 unspecified atom stereocenters. The van der Waals surface area contributed by atoms with Gasteiger partial charge in [0.25, 0.3) is 0 Å². The first-order valence-electron chi connectivity index (χ1n) is 8.74. The summed E-state index contributed by atoms with van der Waals surface area (Å²) in [5.74, 6) is -2.02. The van der Waals surface area contributed by atoms with Gasteiger partial charge in [-0.15, -0.1) is 13.2 Å². The van der Waals surface area contributed by atoms with E-state index in [2.05, 4.69) is 15.4 Å². The van der Waals surface area contributed by atoms with Crippen molar-refractivity contribution >= 4 is 23.3 Å². The fourth-order valence-electron chi connectivity index (χ4n) is 2.76. The van der Waals surface area contributed by atoms with Gasteiger partial charge in [0.05, 0.1) is 11.7 Å². The topological polar surface area (TPSA) is 50.4 Å². The molecule has 0 aliphatic carbocycles. The molecule has 162 valence electrons. The molecule has 0 aromatic heterocycles. The van der Waals surface area contributed by atoms with Gasteiger partial charge in [-0.05, 0) is 47.5 Å². The van der Waals surface area contributed by atoms with Crippen molar-refractivity contribution in [3.8, 4) is 5.75 Å². The number of hydrogen-bond donors (Lipinski definition) is 2. The van der Waals surface area contributed by atoms with Crippen LogP contribution in [0.1, 0.15) is 17.2 Å². The van der Waals surface area contributed by atoms with Crippen LogP contribution in [0, 0.1) is 11.6 Å². The lowest BCUT2D eigenvalue weighted by molar-refractivity contribution is -0.274. The first kappa shape index (κ1) is 22.4. The van der Waals surface area contributed by atoms with Crippen LogP contribution >= 0.6 is 11.6 Å². The Hall–Kier alpha value is -3.33. The van der Waals surface area contributed by atoms with E-state index in [0.29, 0.717) is 16.1 Å². The first-order valence-corrected chi connectivity index (χ1v) is 9.12. The van der Waals surface area contributed by atoms with Gasteiger partial charge >= 0.3 is 12.4 Å². The third-order valence-corrected chi connectivity index (χ3v) is 4.35. The van der Waals surface area contributed by atoms with E-state index in [9.17, 15) is 26.7 Å². The van der Waals surface area contributed by atoms with Crippen LogP contribution < -0.4 is 15.4 Å². The maximum absolute atomic E-state index is 13.8. The number of rotatable bonds is 5. The Balaban J connectivity index is 1.85. The van der Waals surface area contributed by atoms with Gasteiger partial charge in [0, 0.05) is 11.1 Å². The predicted molar refractivity (Wildman–Crippen MR) is 105 cm³/mol. The normalized spacial score (nSPS) is 12.2. The third kappa shape index (κ3) is 6.32. The lowest BCUT2D eigenvalue weighted by Gasteiger charge is -2.21. The summed E-state index contributed by atoms with van der Waals surface area (Å²) in [5, 5.41) is 5.23. The summed E-state index contributed by atoms with van der Waals surface area (Å²) in [7, 11) is 0. The number of benzene rings is 3. The van der Waals surface area contributed by atoms with Crippen molar-refractivity contribution in [2.75, 3.05) is 5.32 Å². The molecular formula is C21H14ClF5N2O2. The summed E-state index contributed by atoms with van der Waals surface area (Å²) >= 11 is 5.89. The van der Waals surface area contributed by atoms with Crippen LogP contribution in [-0.4, -0.2) is 12.4 Å². The fourth-order valence-corrected chi connectivity index (χ4v) is 2.89. The quantitative estimate of drug-likeness (QED) is 0.435. The molecule has 1 atom stereocenters. The van der Waals surface area contributed by atoms with Gasteiger partial charge < -0.3 is 15.4 Å². The molecule has 3 aromatic rings. The van der Waals surface area contributed by atoms with Gasteiger partial charge in [-0.2, -0.15) is 0 Å². The number of hydrogen-bond acceptors (Lipinski definition) is 2. The number of ether oxygens (including phenoxy) is 1. The van der Waals surface area contributed by atoms with Crippen LogP contribution in [0.2, 0.25) is 5.02 Å². The molecule has 0 saturated heterocycles. The molecule has 0 aliphatic rings. The van der Waals surface area contributed by atoms with E-state index in [1.54, 1.807) is 24.3 Å². The smallest absolute Gasteiger partial charge is 0.406 e. The molecule has 0 aliphatic heterocycles. The molecule has 0 radical (unpaired) electrons. The summed E-state index contributed by atoms with van der Waals surface area (Å²) in [6, 6.07) is 12.1. The molecule has 3 rings (SSSR count). The van der Waals surface area contributed by atoms with Crippen LogP contribution in [0.25, 0.3) is 0 Å². The number of anilines is 1. The highest BCUT2D eigenvalue weighted by molar-refractivity contribution is 6.30. The van der Waals surface area contributed by atoms with Crippen molar-refractivity contribution in [2.24, 2.45) is 0 Å². The van der Waals surface area contributed by atoms with Gasteiger partial charge in [0.2, 0.25) is 0 Å². The molecule has 4 nitrogen and oxygen atoms in total. The average Bonchev–Trinajstić information content (AvgIpc) is 2.69. The van der Waals surface area contributed by atoms with Crippen LogP contribution in [0.3, 0.4) is 0 Å². The van der Waals surface area contributed by atoms with Gasteiger partial charge in [-0.3, -0.25) is 0 Å². The van der Waals surface area contributed by atoms with Crippen molar-refractivity contribution in [3.63, 3.8) is 0 Å². The van der Waals surface area contributed by atoms with Crippen molar-refractivity contribution in [1.82, 2.24) is 5.32 Å². The molecule has 3 aromatic carbocycles. The minimum Gasteiger partial charge on any atom is -0.406 e. The second kappa shape index (κ2) is 9.22. The molecule has 0 fully saturated rings. The molecule has 10 heteroatoms. The van der Waals surface area contributed by atoms with Gasteiger partial charge in [0.1, 0.15) is 17.4 Å². The Morgan fingerprint density at radius 1 is 0.903 bits per heavy atom. The largest absolute Gasteiger partial charge is 0.573 e. The number of carbonyl (C=O) groups is 1.